The summed E-state index contributed by atoms with van der Waals surface area (Å²) < 4.78 is 38.8. The quantitative estimate of drug-likeness (QED) is 0.840. The molecule has 1 aromatic carbocycles. The van der Waals surface area contributed by atoms with Gasteiger partial charge in [-0.15, -0.1) is 0 Å². The van der Waals surface area contributed by atoms with Crippen LogP contribution in [-0.2, 0) is 11.0 Å². The van der Waals surface area contributed by atoms with E-state index in [0.29, 0.717) is 0 Å². The van der Waals surface area contributed by atoms with Crippen LogP contribution in [0.1, 0.15) is 26.3 Å². The Morgan fingerprint density at radius 2 is 1.92 bits per heavy atom. The van der Waals surface area contributed by atoms with Crippen molar-refractivity contribution in [3.63, 3.8) is 0 Å². The average molecular weight is 366 g/mol. The number of carbonyl (C=O) groups excluding carboxylic acids is 2. The predicted octanol–water partition coefficient (Wildman–Crippen LogP) is 3.42. The molecule has 0 aromatic heterocycles. The molecule has 0 aliphatic rings. The minimum atomic E-state index is -4.62. The van der Waals surface area contributed by atoms with E-state index >= 15 is 0 Å². The van der Waals surface area contributed by atoms with Gasteiger partial charge in [-0.2, -0.15) is 13.2 Å². The Balaban J connectivity index is 2.86. The Labute approximate surface area is 143 Å². The predicted molar refractivity (Wildman–Crippen MR) is 86.2 cm³/mol. The smallest absolute Gasteiger partial charge is 0.336 e. The van der Waals surface area contributed by atoms with E-state index in [1.165, 1.54) is 13.0 Å². The molecule has 0 saturated heterocycles. The molecule has 24 heavy (non-hydrogen) atoms. The Hall–Kier alpha value is -1.96. The lowest BCUT2D eigenvalue weighted by molar-refractivity contribution is -0.137. The number of nitrogens with zero attached hydrogens (tertiary/aromatic N) is 1. The number of anilines is 1. The fraction of sp³-hybridized carbons (Fsp3) is 0.467. The van der Waals surface area contributed by atoms with E-state index in [0.717, 1.165) is 17.0 Å². The average Bonchev–Trinajstić information content (AvgIpc) is 2.42. The van der Waals surface area contributed by atoms with Crippen molar-refractivity contribution in [1.29, 1.82) is 0 Å². The topological polar surface area (TPSA) is 61.4 Å². The summed E-state index contributed by atoms with van der Waals surface area (Å²) >= 11 is 5.57. The zero-order chi connectivity index (χ0) is 18.5. The Kier molecular flexibility index (Phi) is 6.89. The molecule has 5 nitrogen and oxygen atoms in total. The number of nitrogens with one attached hydrogen (secondary N) is 2. The van der Waals surface area contributed by atoms with Crippen LogP contribution in [0.25, 0.3) is 0 Å². The fourth-order valence-electron chi connectivity index (χ4n) is 1.96. The Morgan fingerprint density at radius 1 is 1.29 bits per heavy atom. The summed E-state index contributed by atoms with van der Waals surface area (Å²) in [6.45, 7) is 4.92. The molecule has 0 spiro atoms. The minimum absolute atomic E-state index is 0.0276. The molecule has 3 amide bonds. The molecule has 0 aliphatic heterocycles. The molecular weight excluding hydrogens is 347 g/mol. The summed E-state index contributed by atoms with van der Waals surface area (Å²) in [6.07, 6.45) is -4.62. The van der Waals surface area contributed by atoms with Gasteiger partial charge in [0.1, 0.15) is 0 Å². The van der Waals surface area contributed by atoms with Crippen molar-refractivity contribution in [2.75, 3.05) is 18.0 Å². The Morgan fingerprint density at radius 3 is 2.42 bits per heavy atom. The Bertz CT molecular complexity index is 606. The third-order valence-electron chi connectivity index (χ3n) is 2.99. The first kappa shape index (κ1) is 20.1. The van der Waals surface area contributed by atoms with Crippen LogP contribution in [0.4, 0.5) is 23.7 Å². The molecule has 0 bridgehead atoms. The van der Waals surface area contributed by atoms with Crippen molar-refractivity contribution < 1.29 is 22.8 Å². The van der Waals surface area contributed by atoms with Crippen LogP contribution in [-0.4, -0.2) is 31.1 Å². The number of hydrogen-bond donors (Lipinski definition) is 2. The van der Waals surface area contributed by atoms with E-state index in [2.05, 4.69) is 10.6 Å². The minimum Gasteiger partial charge on any atom is -0.336 e. The fourth-order valence-corrected chi connectivity index (χ4v) is 2.19. The van der Waals surface area contributed by atoms with E-state index in [1.807, 2.05) is 0 Å². The summed E-state index contributed by atoms with van der Waals surface area (Å²) in [5.74, 6) is -0.448. The molecule has 0 atom stereocenters. The van der Waals surface area contributed by atoms with Crippen molar-refractivity contribution in [3.05, 3.63) is 28.8 Å². The SMILES string of the molecule is CC(=O)N(CCNC(=O)NC(C)C)c1ccc(Cl)c(C(F)(F)F)c1. The van der Waals surface area contributed by atoms with Gasteiger partial charge in [-0.05, 0) is 32.0 Å². The molecule has 9 heteroatoms. The van der Waals surface area contributed by atoms with Crippen LogP contribution in [0.2, 0.25) is 5.02 Å². The van der Waals surface area contributed by atoms with Gasteiger partial charge in [0.05, 0.1) is 10.6 Å². The number of urea groups is 1. The number of hydrogen-bond acceptors (Lipinski definition) is 2. The number of rotatable bonds is 5. The van der Waals surface area contributed by atoms with E-state index < -0.39 is 28.7 Å². The second kappa shape index (κ2) is 8.23. The highest BCUT2D eigenvalue weighted by Crippen LogP contribution is 2.36. The molecular formula is C15H19ClF3N3O2. The van der Waals surface area contributed by atoms with Crippen LogP contribution in [0, 0.1) is 0 Å². The standard InChI is InChI=1S/C15H19ClF3N3O2/c1-9(2)21-14(24)20-6-7-22(10(3)23)11-4-5-13(16)12(8-11)15(17,18)19/h4-5,8-9H,6-7H2,1-3H3,(H2,20,21,24). The van der Waals surface area contributed by atoms with Crippen molar-refractivity contribution in [1.82, 2.24) is 10.6 Å². The summed E-state index contributed by atoms with van der Waals surface area (Å²) in [6, 6.07) is 2.76. The van der Waals surface area contributed by atoms with Gasteiger partial charge in [-0.1, -0.05) is 11.6 Å². The van der Waals surface area contributed by atoms with E-state index in [1.54, 1.807) is 13.8 Å². The first-order chi connectivity index (χ1) is 11.0. The van der Waals surface area contributed by atoms with Crippen molar-refractivity contribution >= 4 is 29.2 Å². The number of amides is 3. The summed E-state index contributed by atoms with van der Waals surface area (Å²) in [5.41, 5.74) is -0.955. The van der Waals surface area contributed by atoms with Crippen LogP contribution in [0.3, 0.4) is 0 Å². The van der Waals surface area contributed by atoms with Crippen molar-refractivity contribution in [2.45, 2.75) is 33.0 Å². The molecule has 134 valence electrons. The normalized spacial score (nSPS) is 11.3. The summed E-state index contributed by atoms with van der Waals surface area (Å²) in [7, 11) is 0. The lowest BCUT2D eigenvalue weighted by Crippen LogP contribution is -2.43. The maximum absolute atomic E-state index is 12.9. The first-order valence-corrected chi connectivity index (χ1v) is 7.59. The van der Waals surface area contributed by atoms with Crippen LogP contribution in [0.5, 0.6) is 0 Å². The van der Waals surface area contributed by atoms with E-state index in [9.17, 15) is 22.8 Å². The molecule has 2 N–H and O–H groups in total. The highest BCUT2D eigenvalue weighted by Gasteiger charge is 2.34. The molecule has 0 aliphatic carbocycles. The molecule has 0 unspecified atom stereocenters. The molecule has 0 fully saturated rings. The lowest BCUT2D eigenvalue weighted by atomic mass is 10.1. The van der Waals surface area contributed by atoms with Gasteiger partial charge in [0, 0.05) is 31.7 Å². The van der Waals surface area contributed by atoms with E-state index in [-0.39, 0.29) is 24.8 Å². The molecule has 1 rings (SSSR count). The molecule has 0 heterocycles. The van der Waals surface area contributed by atoms with Gasteiger partial charge in [-0.3, -0.25) is 4.79 Å². The van der Waals surface area contributed by atoms with Gasteiger partial charge in [0.15, 0.2) is 0 Å². The van der Waals surface area contributed by atoms with Gasteiger partial charge >= 0.3 is 12.2 Å². The van der Waals surface area contributed by atoms with Gasteiger partial charge in [-0.25, -0.2) is 4.79 Å². The maximum atomic E-state index is 12.9. The van der Waals surface area contributed by atoms with Crippen LogP contribution in [0.15, 0.2) is 18.2 Å². The second-order valence-electron chi connectivity index (χ2n) is 5.39. The molecule has 0 saturated carbocycles. The van der Waals surface area contributed by atoms with Crippen molar-refractivity contribution in [2.24, 2.45) is 0 Å². The number of carbonyl (C=O) groups is 2. The monoisotopic (exact) mass is 365 g/mol. The number of benzene rings is 1. The summed E-state index contributed by atoms with van der Waals surface area (Å²) in [4.78, 5) is 24.3. The van der Waals surface area contributed by atoms with Gasteiger partial charge < -0.3 is 15.5 Å². The van der Waals surface area contributed by atoms with E-state index in [4.69, 9.17) is 11.6 Å². The molecule has 0 radical (unpaired) electrons. The highest BCUT2D eigenvalue weighted by atomic mass is 35.5. The van der Waals surface area contributed by atoms with Gasteiger partial charge in [0.25, 0.3) is 0 Å². The third-order valence-corrected chi connectivity index (χ3v) is 3.32. The highest BCUT2D eigenvalue weighted by molar-refractivity contribution is 6.31. The third kappa shape index (κ3) is 5.92. The summed E-state index contributed by atoms with van der Waals surface area (Å²) in [5, 5.41) is 4.69. The lowest BCUT2D eigenvalue weighted by Gasteiger charge is -2.23. The van der Waals surface area contributed by atoms with Crippen LogP contribution >= 0.6 is 11.6 Å². The zero-order valence-electron chi connectivity index (χ0n) is 13.5. The largest absolute Gasteiger partial charge is 0.417 e. The first-order valence-electron chi connectivity index (χ1n) is 7.21. The second-order valence-corrected chi connectivity index (χ2v) is 5.79. The number of halogens is 4. The zero-order valence-corrected chi connectivity index (χ0v) is 14.3. The maximum Gasteiger partial charge on any atom is 0.417 e. The van der Waals surface area contributed by atoms with Crippen LogP contribution < -0.4 is 15.5 Å². The van der Waals surface area contributed by atoms with Crippen molar-refractivity contribution in [3.8, 4) is 0 Å². The number of alkyl halides is 3. The molecule has 1 aromatic rings. The van der Waals surface area contributed by atoms with Gasteiger partial charge in [0.2, 0.25) is 5.91 Å².